The van der Waals surface area contributed by atoms with Crippen molar-refractivity contribution in [3.8, 4) is 0 Å². The summed E-state index contributed by atoms with van der Waals surface area (Å²) >= 11 is 0. The summed E-state index contributed by atoms with van der Waals surface area (Å²) in [5.41, 5.74) is 5.20. The molecule has 0 aromatic heterocycles. The molecule has 0 atom stereocenters. The molecular formula is C9H17NO2. The highest BCUT2D eigenvalue weighted by atomic mass is 16.6. The van der Waals surface area contributed by atoms with E-state index < -0.39 is 0 Å². The molecule has 1 aliphatic carbocycles. The van der Waals surface area contributed by atoms with Gasteiger partial charge in [0.15, 0.2) is 0 Å². The zero-order chi connectivity index (χ0) is 9.35. The fourth-order valence-electron chi connectivity index (χ4n) is 1.24. The second-order valence-corrected chi connectivity index (χ2v) is 4.46. The molecule has 0 aromatic carbocycles. The van der Waals surface area contributed by atoms with Crippen LogP contribution in [0, 0.1) is 5.92 Å². The van der Waals surface area contributed by atoms with E-state index in [2.05, 4.69) is 0 Å². The summed E-state index contributed by atoms with van der Waals surface area (Å²) in [7, 11) is 0. The van der Waals surface area contributed by atoms with Gasteiger partial charge >= 0.3 is 5.97 Å². The van der Waals surface area contributed by atoms with E-state index in [4.69, 9.17) is 10.5 Å². The first-order chi connectivity index (χ1) is 5.38. The topological polar surface area (TPSA) is 52.3 Å². The molecular weight excluding hydrogens is 154 g/mol. The van der Waals surface area contributed by atoms with Crippen molar-refractivity contribution in [1.29, 1.82) is 0 Å². The third kappa shape index (κ3) is 2.48. The minimum absolute atomic E-state index is 0.0548. The van der Waals surface area contributed by atoms with Crippen LogP contribution in [0.4, 0.5) is 0 Å². The van der Waals surface area contributed by atoms with Crippen molar-refractivity contribution in [2.75, 3.05) is 0 Å². The normalized spacial score (nSPS) is 29.3. The molecule has 2 N–H and O–H groups in total. The lowest BCUT2D eigenvalue weighted by Gasteiger charge is -2.32. The Kier molecular flexibility index (Phi) is 2.42. The molecule has 0 heterocycles. The predicted octanol–water partition coefficient (Wildman–Crippen LogP) is 1.07. The molecule has 0 amide bonds. The maximum absolute atomic E-state index is 11.3. The van der Waals surface area contributed by atoms with Crippen LogP contribution < -0.4 is 5.73 Å². The average molecular weight is 171 g/mol. The molecule has 0 aliphatic heterocycles. The molecule has 3 heteroatoms. The van der Waals surface area contributed by atoms with Gasteiger partial charge in [-0.25, -0.2) is 0 Å². The molecule has 0 unspecified atom stereocenters. The van der Waals surface area contributed by atoms with Crippen LogP contribution in [0.1, 0.15) is 33.6 Å². The third-order valence-corrected chi connectivity index (χ3v) is 1.91. The van der Waals surface area contributed by atoms with Crippen LogP contribution in [0.25, 0.3) is 0 Å². The third-order valence-electron chi connectivity index (χ3n) is 1.91. The number of esters is 1. The van der Waals surface area contributed by atoms with Crippen LogP contribution >= 0.6 is 0 Å². The molecule has 70 valence electrons. The van der Waals surface area contributed by atoms with Gasteiger partial charge in [0.2, 0.25) is 0 Å². The maximum Gasteiger partial charge on any atom is 0.309 e. The van der Waals surface area contributed by atoms with Crippen LogP contribution in [0.2, 0.25) is 0 Å². The van der Waals surface area contributed by atoms with Gasteiger partial charge in [0.05, 0.1) is 5.92 Å². The van der Waals surface area contributed by atoms with Gasteiger partial charge in [0.25, 0.3) is 0 Å². The molecule has 0 bridgehead atoms. The van der Waals surface area contributed by atoms with Crippen LogP contribution in [-0.2, 0) is 9.53 Å². The Bertz CT molecular complexity index is 177. The molecule has 0 radical (unpaired) electrons. The lowest BCUT2D eigenvalue weighted by molar-refractivity contribution is -0.163. The minimum Gasteiger partial charge on any atom is -0.460 e. The number of rotatable bonds is 1. The second kappa shape index (κ2) is 3.05. The lowest BCUT2D eigenvalue weighted by Crippen LogP contribution is -2.42. The van der Waals surface area contributed by atoms with E-state index in [0.717, 1.165) is 12.8 Å². The van der Waals surface area contributed by atoms with Crippen LogP contribution in [0.15, 0.2) is 0 Å². The molecule has 1 rings (SSSR count). The first-order valence-corrected chi connectivity index (χ1v) is 4.37. The number of carbonyl (C=O) groups excluding carboxylic acids is 1. The summed E-state index contributed by atoms with van der Waals surface area (Å²) in [4.78, 5) is 11.3. The van der Waals surface area contributed by atoms with Crippen molar-refractivity contribution < 1.29 is 9.53 Å². The van der Waals surface area contributed by atoms with Gasteiger partial charge in [-0.2, -0.15) is 0 Å². The predicted molar refractivity (Wildman–Crippen MR) is 46.5 cm³/mol. The average Bonchev–Trinajstić information content (AvgIpc) is 1.76. The van der Waals surface area contributed by atoms with E-state index >= 15 is 0 Å². The Hall–Kier alpha value is -0.570. The van der Waals surface area contributed by atoms with Crippen molar-refractivity contribution in [2.24, 2.45) is 11.7 Å². The van der Waals surface area contributed by atoms with E-state index in [1.54, 1.807) is 0 Å². The van der Waals surface area contributed by atoms with Crippen molar-refractivity contribution >= 4 is 5.97 Å². The van der Waals surface area contributed by atoms with Gasteiger partial charge in [-0.15, -0.1) is 0 Å². The summed E-state index contributed by atoms with van der Waals surface area (Å²) in [5.74, 6) is -0.0385. The fraction of sp³-hybridized carbons (Fsp3) is 0.889. The Morgan fingerprint density at radius 3 is 2.25 bits per heavy atom. The lowest BCUT2D eigenvalue weighted by atomic mass is 9.81. The minimum atomic E-state index is -0.364. The van der Waals surface area contributed by atoms with Gasteiger partial charge in [0.1, 0.15) is 5.60 Å². The highest BCUT2D eigenvalue weighted by molar-refractivity contribution is 5.74. The number of hydrogen-bond acceptors (Lipinski definition) is 3. The van der Waals surface area contributed by atoms with Gasteiger partial charge in [-0.3, -0.25) is 4.79 Å². The van der Waals surface area contributed by atoms with Crippen molar-refractivity contribution in [3.05, 3.63) is 0 Å². The molecule has 0 aromatic rings. The van der Waals surface area contributed by atoms with Gasteiger partial charge < -0.3 is 10.5 Å². The zero-order valence-corrected chi connectivity index (χ0v) is 7.96. The van der Waals surface area contributed by atoms with Crippen LogP contribution in [0.5, 0.6) is 0 Å². The van der Waals surface area contributed by atoms with Crippen molar-refractivity contribution in [1.82, 2.24) is 0 Å². The highest BCUT2D eigenvalue weighted by Gasteiger charge is 2.34. The molecule has 12 heavy (non-hydrogen) atoms. The Morgan fingerprint density at radius 2 is 1.92 bits per heavy atom. The van der Waals surface area contributed by atoms with Gasteiger partial charge in [-0.05, 0) is 33.6 Å². The summed E-state index contributed by atoms with van der Waals surface area (Å²) in [5, 5.41) is 0. The van der Waals surface area contributed by atoms with Crippen molar-refractivity contribution in [2.45, 2.75) is 45.3 Å². The monoisotopic (exact) mass is 171 g/mol. The summed E-state index contributed by atoms with van der Waals surface area (Å²) in [6.07, 6.45) is 1.57. The Labute approximate surface area is 73.3 Å². The van der Waals surface area contributed by atoms with E-state index in [-0.39, 0.29) is 23.5 Å². The zero-order valence-electron chi connectivity index (χ0n) is 7.96. The molecule has 1 aliphatic rings. The highest BCUT2D eigenvalue weighted by Crippen LogP contribution is 2.28. The summed E-state index contributed by atoms with van der Waals surface area (Å²) < 4.78 is 5.20. The Balaban J connectivity index is 2.30. The van der Waals surface area contributed by atoms with E-state index in [1.165, 1.54) is 0 Å². The summed E-state index contributed by atoms with van der Waals surface area (Å²) in [6, 6.07) is 0.211. The fourth-order valence-corrected chi connectivity index (χ4v) is 1.24. The number of nitrogens with two attached hydrogens (primary N) is 1. The Morgan fingerprint density at radius 1 is 1.42 bits per heavy atom. The quantitative estimate of drug-likeness (QED) is 0.600. The maximum atomic E-state index is 11.3. The van der Waals surface area contributed by atoms with Crippen LogP contribution in [0.3, 0.4) is 0 Å². The molecule has 0 spiro atoms. The SMILES string of the molecule is CC(C)(C)OC(=O)[C@H]1C[C@H](N)C1. The number of ether oxygens (including phenoxy) is 1. The largest absolute Gasteiger partial charge is 0.460 e. The number of carbonyl (C=O) groups is 1. The molecule has 1 saturated carbocycles. The van der Waals surface area contributed by atoms with Gasteiger partial charge in [-0.1, -0.05) is 0 Å². The van der Waals surface area contributed by atoms with Gasteiger partial charge in [0, 0.05) is 6.04 Å². The molecule has 3 nitrogen and oxygen atoms in total. The van der Waals surface area contributed by atoms with Crippen molar-refractivity contribution in [3.63, 3.8) is 0 Å². The van der Waals surface area contributed by atoms with E-state index in [1.807, 2.05) is 20.8 Å². The molecule has 0 saturated heterocycles. The summed E-state index contributed by atoms with van der Waals surface area (Å²) in [6.45, 7) is 5.64. The standard InChI is InChI=1S/C9H17NO2/c1-9(2,3)12-8(11)6-4-7(10)5-6/h6-7H,4-5,10H2,1-3H3/t6-,7-. The van der Waals surface area contributed by atoms with E-state index in [0.29, 0.717) is 0 Å². The van der Waals surface area contributed by atoms with Crippen LogP contribution in [-0.4, -0.2) is 17.6 Å². The van der Waals surface area contributed by atoms with E-state index in [9.17, 15) is 4.79 Å². The first kappa shape index (κ1) is 9.52. The second-order valence-electron chi connectivity index (χ2n) is 4.46. The first-order valence-electron chi connectivity index (χ1n) is 4.37. The smallest absolute Gasteiger partial charge is 0.309 e. The number of hydrogen-bond donors (Lipinski definition) is 1. The molecule has 1 fully saturated rings.